The van der Waals surface area contributed by atoms with Gasteiger partial charge in [-0.1, -0.05) is 26.0 Å². The Bertz CT molecular complexity index is 779. The van der Waals surface area contributed by atoms with Crippen LogP contribution in [0.4, 0.5) is 0 Å². The van der Waals surface area contributed by atoms with Crippen LogP contribution in [0, 0.1) is 5.92 Å². The number of nitrogens with zero attached hydrogens (tertiary/aromatic N) is 2. The first-order valence-electron chi connectivity index (χ1n) is 10.7. The molecule has 0 saturated carbocycles. The van der Waals surface area contributed by atoms with Crippen molar-refractivity contribution in [2.75, 3.05) is 46.1 Å². The number of carbonyl (C=O) groups excluding carboxylic acids is 2. The highest BCUT2D eigenvalue weighted by molar-refractivity contribution is 6.35. The standard InChI is InChI=1S/C23H32N2O5/c1-16(2)15-30-19-7-5-18(6-8-19)20-21(24-9-12-28-13-10-24)23(27)25(22(20)26)11-14-29-17(3)4/h5-8,16-17H,9-15H2,1-4H3. The van der Waals surface area contributed by atoms with Gasteiger partial charge in [-0.2, -0.15) is 0 Å². The number of carbonyl (C=O) groups is 2. The van der Waals surface area contributed by atoms with Gasteiger partial charge in [-0.05, 0) is 37.5 Å². The first-order chi connectivity index (χ1) is 14.4. The molecule has 0 N–H and O–H groups in total. The Morgan fingerprint density at radius 3 is 2.27 bits per heavy atom. The van der Waals surface area contributed by atoms with Crippen molar-refractivity contribution in [3.05, 3.63) is 35.5 Å². The zero-order valence-corrected chi connectivity index (χ0v) is 18.3. The van der Waals surface area contributed by atoms with E-state index in [2.05, 4.69) is 13.8 Å². The highest BCUT2D eigenvalue weighted by Crippen LogP contribution is 2.32. The molecule has 1 aromatic carbocycles. The van der Waals surface area contributed by atoms with E-state index in [0.717, 1.165) is 11.3 Å². The van der Waals surface area contributed by atoms with Gasteiger partial charge in [-0.3, -0.25) is 14.5 Å². The van der Waals surface area contributed by atoms with Crippen molar-refractivity contribution in [3.8, 4) is 5.75 Å². The first-order valence-corrected chi connectivity index (χ1v) is 10.7. The van der Waals surface area contributed by atoms with Gasteiger partial charge in [0.25, 0.3) is 11.8 Å². The number of morpholine rings is 1. The van der Waals surface area contributed by atoms with E-state index in [1.54, 1.807) is 0 Å². The van der Waals surface area contributed by atoms with Crippen LogP contribution < -0.4 is 4.74 Å². The minimum absolute atomic E-state index is 0.0438. The highest BCUT2D eigenvalue weighted by atomic mass is 16.5. The van der Waals surface area contributed by atoms with Gasteiger partial charge in [-0.15, -0.1) is 0 Å². The van der Waals surface area contributed by atoms with Crippen molar-refractivity contribution >= 4 is 17.4 Å². The summed E-state index contributed by atoms with van der Waals surface area (Å²) in [4.78, 5) is 29.7. The Balaban J connectivity index is 1.86. The Morgan fingerprint density at radius 2 is 1.67 bits per heavy atom. The first kappa shape index (κ1) is 22.3. The van der Waals surface area contributed by atoms with Crippen LogP contribution in [0.15, 0.2) is 30.0 Å². The maximum absolute atomic E-state index is 13.2. The molecule has 2 amide bonds. The number of hydrogen-bond donors (Lipinski definition) is 0. The maximum Gasteiger partial charge on any atom is 0.277 e. The molecule has 0 atom stereocenters. The summed E-state index contributed by atoms with van der Waals surface area (Å²) in [6.45, 7) is 11.5. The third kappa shape index (κ3) is 5.21. The molecule has 2 heterocycles. The smallest absolute Gasteiger partial charge is 0.277 e. The number of amides is 2. The Kier molecular flexibility index (Phi) is 7.50. The lowest BCUT2D eigenvalue weighted by molar-refractivity contribution is -0.138. The Labute approximate surface area is 178 Å². The third-order valence-corrected chi connectivity index (χ3v) is 4.96. The van der Waals surface area contributed by atoms with Gasteiger partial charge in [0.15, 0.2) is 0 Å². The Morgan fingerprint density at radius 1 is 1.00 bits per heavy atom. The van der Waals surface area contributed by atoms with E-state index < -0.39 is 0 Å². The van der Waals surface area contributed by atoms with Crippen molar-refractivity contribution in [1.29, 1.82) is 0 Å². The Hall–Kier alpha value is -2.38. The number of imide groups is 1. The molecule has 1 saturated heterocycles. The quantitative estimate of drug-likeness (QED) is 0.577. The molecule has 0 radical (unpaired) electrons. The zero-order valence-electron chi connectivity index (χ0n) is 18.3. The number of benzene rings is 1. The fraction of sp³-hybridized carbons (Fsp3) is 0.565. The number of hydrogen-bond acceptors (Lipinski definition) is 6. The minimum Gasteiger partial charge on any atom is -0.493 e. The van der Waals surface area contributed by atoms with Crippen LogP contribution in [0.3, 0.4) is 0 Å². The summed E-state index contributed by atoms with van der Waals surface area (Å²) < 4.78 is 16.8. The molecule has 1 aromatic rings. The van der Waals surface area contributed by atoms with E-state index in [1.165, 1.54) is 4.90 Å². The number of rotatable bonds is 9. The molecule has 0 unspecified atom stereocenters. The molecule has 1 fully saturated rings. The van der Waals surface area contributed by atoms with Gasteiger partial charge >= 0.3 is 0 Å². The lowest BCUT2D eigenvalue weighted by Gasteiger charge is -2.29. The summed E-state index contributed by atoms with van der Waals surface area (Å²) in [5.74, 6) is 0.643. The molecule has 2 aliphatic heterocycles. The minimum atomic E-state index is -0.273. The van der Waals surface area contributed by atoms with Gasteiger partial charge < -0.3 is 19.1 Å². The van der Waals surface area contributed by atoms with Crippen molar-refractivity contribution < 1.29 is 23.8 Å². The molecule has 30 heavy (non-hydrogen) atoms. The van der Waals surface area contributed by atoms with E-state index in [9.17, 15) is 9.59 Å². The van der Waals surface area contributed by atoms with Crippen LogP contribution in [0.25, 0.3) is 5.57 Å². The topological polar surface area (TPSA) is 68.3 Å². The predicted molar refractivity (Wildman–Crippen MR) is 114 cm³/mol. The molecule has 3 rings (SSSR count). The lowest BCUT2D eigenvalue weighted by atomic mass is 10.0. The van der Waals surface area contributed by atoms with Gasteiger partial charge in [0.05, 0.1) is 44.6 Å². The summed E-state index contributed by atoms with van der Waals surface area (Å²) in [6, 6.07) is 7.41. The van der Waals surface area contributed by atoms with Crippen molar-refractivity contribution in [2.24, 2.45) is 5.92 Å². The summed E-state index contributed by atoms with van der Waals surface area (Å²) in [7, 11) is 0. The highest BCUT2D eigenvalue weighted by Gasteiger charge is 2.41. The van der Waals surface area contributed by atoms with Crippen molar-refractivity contribution in [3.63, 3.8) is 0 Å². The molecule has 0 aliphatic carbocycles. The predicted octanol–water partition coefficient (Wildman–Crippen LogP) is 2.56. The molecule has 0 spiro atoms. The second-order valence-corrected chi connectivity index (χ2v) is 8.23. The van der Waals surface area contributed by atoms with E-state index in [-0.39, 0.29) is 24.5 Å². The van der Waals surface area contributed by atoms with Crippen LogP contribution >= 0.6 is 0 Å². The van der Waals surface area contributed by atoms with Crippen molar-refractivity contribution in [2.45, 2.75) is 33.8 Å². The van der Waals surface area contributed by atoms with E-state index in [0.29, 0.717) is 56.7 Å². The van der Waals surface area contributed by atoms with E-state index in [1.807, 2.05) is 43.0 Å². The summed E-state index contributed by atoms with van der Waals surface area (Å²) in [5, 5.41) is 0. The van der Waals surface area contributed by atoms with Crippen LogP contribution in [-0.4, -0.2) is 73.8 Å². The van der Waals surface area contributed by atoms with Gasteiger partial charge in [-0.25, -0.2) is 0 Å². The van der Waals surface area contributed by atoms with Crippen LogP contribution in [0.2, 0.25) is 0 Å². The fourth-order valence-corrected chi connectivity index (χ4v) is 3.47. The summed E-state index contributed by atoms with van der Waals surface area (Å²) in [6.07, 6.45) is 0.0438. The second kappa shape index (κ2) is 10.1. The monoisotopic (exact) mass is 416 g/mol. The molecule has 7 nitrogen and oxygen atoms in total. The van der Waals surface area contributed by atoms with Gasteiger partial charge in [0.2, 0.25) is 0 Å². The van der Waals surface area contributed by atoms with E-state index in [4.69, 9.17) is 14.2 Å². The second-order valence-electron chi connectivity index (χ2n) is 8.23. The van der Waals surface area contributed by atoms with Crippen LogP contribution in [-0.2, 0) is 19.1 Å². The molecule has 0 bridgehead atoms. The SMILES string of the molecule is CC(C)COc1ccc(C2=C(N3CCOCC3)C(=O)N(CCOC(C)C)C2=O)cc1. The third-order valence-electron chi connectivity index (χ3n) is 4.96. The maximum atomic E-state index is 13.2. The summed E-state index contributed by atoms with van der Waals surface area (Å²) in [5.41, 5.74) is 1.63. The molecule has 164 valence electrons. The number of ether oxygens (including phenoxy) is 3. The largest absolute Gasteiger partial charge is 0.493 e. The molecular weight excluding hydrogens is 384 g/mol. The van der Waals surface area contributed by atoms with E-state index >= 15 is 0 Å². The van der Waals surface area contributed by atoms with Crippen LogP contribution in [0.1, 0.15) is 33.3 Å². The summed E-state index contributed by atoms with van der Waals surface area (Å²) >= 11 is 0. The van der Waals surface area contributed by atoms with Crippen molar-refractivity contribution in [1.82, 2.24) is 9.80 Å². The fourth-order valence-electron chi connectivity index (χ4n) is 3.47. The molecule has 2 aliphatic rings. The zero-order chi connectivity index (χ0) is 21.7. The lowest BCUT2D eigenvalue weighted by Crippen LogP contribution is -2.41. The molecule has 0 aromatic heterocycles. The van der Waals surface area contributed by atoms with Gasteiger partial charge in [0, 0.05) is 13.1 Å². The molecular formula is C23H32N2O5. The normalized spacial score (nSPS) is 17.7. The average Bonchev–Trinajstić information content (AvgIpc) is 2.97. The van der Waals surface area contributed by atoms with Crippen LogP contribution in [0.5, 0.6) is 5.75 Å². The molecule has 7 heteroatoms. The van der Waals surface area contributed by atoms with Gasteiger partial charge in [0.1, 0.15) is 11.4 Å². The average molecular weight is 417 g/mol.